The molecule has 0 saturated heterocycles. The van der Waals surface area contributed by atoms with Gasteiger partial charge in [0.05, 0.1) is 11.7 Å². The van der Waals surface area contributed by atoms with Crippen LogP contribution in [0.3, 0.4) is 0 Å². The molecule has 0 radical (unpaired) electrons. The SMILES string of the molecule is NC(Cc1ccc(Cl)cc1F)c1ncc(Br)cc1Br. The van der Waals surface area contributed by atoms with Gasteiger partial charge >= 0.3 is 0 Å². The smallest absolute Gasteiger partial charge is 0.127 e. The van der Waals surface area contributed by atoms with E-state index in [-0.39, 0.29) is 5.82 Å². The highest BCUT2D eigenvalue weighted by Gasteiger charge is 2.15. The summed E-state index contributed by atoms with van der Waals surface area (Å²) in [5.41, 5.74) is 7.29. The molecule has 19 heavy (non-hydrogen) atoms. The fraction of sp³-hybridized carbons (Fsp3) is 0.154. The van der Waals surface area contributed by atoms with Gasteiger partial charge in [0.25, 0.3) is 0 Å². The van der Waals surface area contributed by atoms with Gasteiger partial charge in [-0.1, -0.05) is 17.7 Å². The van der Waals surface area contributed by atoms with Crippen molar-refractivity contribution < 1.29 is 4.39 Å². The van der Waals surface area contributed by atoms with E-state index < -0.39 is 6.04 Å². The molecule has 0 spiro atoms. The standard InChI is InChI=1S/C13H10Br2ClFN2/c14-8-4-10(15)13(19-6-8)12(18)3-7-1-2-9(16)5-11(7)17/h1-2,4-6,12H,3,18H2. The van der Waals surface area contributed by atoms with Crippen molar-refractivity contribution in [1.29, 1.82) is 0 Å². The Morgan fingerprint density at radius 3 is 2.68 bits per heavy atom. The van der Waals surface area contributed by atoms with Crippen LogP contribution in [0, 0.1) is 5.82 Å². The Balaban J connectivity index is 2.23. The van der Waals surface area contributed by atoms with Crippen molar-refractivity contribution in [3.8, 4) is 0 Å². The summed E-state index contributed by atoms with van der Waals surface area (Å²) in [6.45, 7) is 0. The highest BCUT2D eigenvalue weighted by atomic mass is 79.9. The fourth-order valence-corrected chi connectivity index (χ4v) is 3.16. The van der Waals surface area contributed by atoms with Crippen LogP contribution >= 0.6 is 43.5 Å². The van der Waals surface area contributed by atoms with Gasteiger partial charge in [0.2, 0.25) is 0 Å². The molecule has 6 heteroatoms. The number of benzene rings is 1. The molecule has 0 amide bonds. The van der Waals surface area contributed by atoms with Crippen LogP contribution in [0.5, 0.6) is 0 Å². The van der Waals surface area contributed by atoms with Crippen LogP contribution in [0.15, 0.2) is 39.4 Å². The second-order valence-corrected chi connectivity index (χ2v) is 6.27. The third-order valence-electron chi connectivity index (χ3n) is 2.64. The summed E-state index contributed by atoms with van der Waals surface area (Å²) in [5, 5.41) is 0.373. The van der Waals surface area contributed by atoms with Gasteiger partial charge in [-0.15, -0.1) is 0 Å². The number of hydrogen-bond donors (Lipinski definition) is 1. The monoisotopic (exact) mass is 406 g/mol. The van der Waals surface area contributed by atoms with E-state index in [9.17, 15) is 4.39 Å². The summed E-state index contributed by atoms with van der Waals surface area (Å²) in [6, 6.07) is 6.05. The molecule has 1 heterocycles. The van der Waals surface area contributed by atoms with Crippen LogP contribution < -0.4 is 5.73 Å². The lowest BCUT2D eigenvalue weighted by Gasteiger charge is -2.13. The number of nitrogens with two attached hydrogens (primary N) is 1. The van der Waals surface area contributed by atoms with Gasteiger partial charge in [0, 0.05) is 20.2 Å². The number of nitrogens with zero attached hydrogens (tertiary/aromatic N) is 1. The molecule has 2 N–H and O–H groups in total. The summed E-state index contributed by atoms with van der Waals surface area (Å²) >= 11 is 12.4. The van der Waals surface area contributed by atoms with Gasteiger partial charge in [-0.05, 0) is 62.0 Å². The number of aromatic nitrogens is 1. The van der Waals surface area contributed by atoms with Crippen LogP contribution in [0.4, 0.5) is 4.39 Å². The number of pyridine rings is 1. The third kappa shape index (κ3) is 3.75. The molecule has 1 aromatic carbocycles. The van der Waals surface area contributed by atoms with Crippen LogP contribution in [0.1, 0.15) is 17.3 Å². The first-order valence-electron chi connectivity index (χ1n) is 5.48. The average Bonchev–Trinajstić information content (AvgIpc) is 2.32. The highest BCUT2D eigenvalue weighted by molar-refractivity contribution is 9.11. The van der Waals surface area contributed by atoms with Crippen molar-refractivity contribution >= 4 is 43.5 Å². The van der Waals surface area contributed by atoms with E-state index in [1.807, 2.05) is 6.07 Å². The maximum atomic E-state index is 13.7. The summed E-state index contributed by atoms with van der Waals surface area (Å²) < 4.78 is 15.4. The third-order valence-corrected chi connectivity index (χ3v) is 3.95. The second kappa shape index (κ2) is 6.31. The van der Waals surface area contributed by atoms with E-state index >= 15 is 0 Å². The number of rotatable bonds is 3. The summed E-state index contributed by atoms with van der Waals surface area (Å²) in [7, 11) is 0. The predicted octanol–water partition coefficient (Wildman–Crippen LogP) is 4.64. The van der Waals surface area contributed by atoms with E-state index in [0.29, 0.717) is 22.7 Å². The van der Waals surface area contributed by atoms with E-state index in [4.69, 9.17) is 17.3 Å². The largest absolute Gasteiger partial charge is 0.322 e. The molecule has 1 atom stereocenters. The lowest BCUT2D eigenvalue weighted by atomic mass is 10.0. The Morgan fingerprint density at radius 1 is 1.32 bits per heavy atom. The molecule has 2 aromatic rings. The van der Waals surface area contributed by atoms with E-state index in [1.54, 1.807) is 18.3 Å². The van der Waals surface area contributed by atoms with Crippen LogP contribution in [-0.2, 0) is 6.42 Å². The second-order valence-electron chi connectivity index (χ2n) is 4.07. The van der Waals surface area contributed by atoms with Gasteiger partial charge in [-0.3, -0.25) is 4.98 Å². The molecule has 1 aromatic heterocycles. The van der Waals surface area contributed by atoms with Gasteiger partial charge in [0.1, 0.15) is 5.82 Å². The molecule has 2 nitrogen and oxygen atoms in total. The highest BCUT2D eigenvalue weighted by Crippen LogP contribution is 2.26. The van der Waals surface area contributed by atoms with Crippen molar-refractivity contribution in [3.63, 3.8) is 0 Å². The van der Waals surface area contributed by atoms with E-state index in [0.717, 1.165) is 8.95 Å². The summed E-state index contributed by atoms with van der Waals surface area (Å²) in [4.78, 5) is 4.25. The number of hydrogen-bond acceptors (Lipinski definition) is 2. The molecule has 2 rings (SSSR count). The first-order valence-corrected chi connectivity index (χ1v) is 7.44. The van der Waals surface area contributed by atoms with Gasteiger partial charge < -0.3 is 5.73 Å². The summed E-state index contributed by atoms with van der Waals surface area (Å²) in [6.07, 6.45) is 2.02. The first kappa shape index (κ1) is 14.9. The van der Waals surface area contributed by atoms with Gasteiger partial charge in [-0.25, -0.2) is 4.39 Å². The zero-order valence-corrected chi connectivity index (χ0v) is 13.6. The molecule has 1 unspecified atom stereocenters. The molecule has 100 valence electrons. The Kier molecular flexibility index (Phi) is 4.95. The predicted molar refractivity (Wildman–Crippen MR) is 81.7 cm³/mol. The molecule has 0 bridgehead atoms. The Hall–Kier alpha value is -0.490. The minimum Gasteiger partial charge on any atom is -0.322 e. The number of halogens is 4. The lowest BCUT2D eigenvalue weighted by Crippen LogP contribution is -2.16. The Bertz CT molecular complexity index is 607. The molecule has 0 saturated carbocycles. The molecular weight excluding hydrogens is 398 g/mol. The zero-order chi connectivity index (χ0) is 14.0. The summed E-state index contributed by atoms with van der Waals surface area (Å²) in [5.74, 6) is -0.351. The first-order chi connectivity index (χ1) is 8.97. The van der Waals surface area contributed by atoms with E-state index in [1.165, 1.54) is 6.07 Å². The van der Waals surface area contributed by atoms with E-state index in [2.05, 4.69) is 36.8 Å². The molecule has 0 aliphatic rings. The fourth-order valence-electron chi connectivity index (χ4n) is 1.72. The molecule has 0 fully saturated rings. The van der Waals surface area contributed by atoms with Gasteiger partial charge in [0.15, 0.2) is 0 Å². The average molecular weight is 408 g/mol. The van der Waals surface area contributed by atoms with Crippen molar-refractivity contribution in [3.05, 3.63) is 61.5 Å². The molecule has 0 aliphatic heterocycles. The zero-order valence-electron chi connectivity index (χ0n) is 9.71. The quantitative estimate of drug-likeness (QED) is 0.804. The topological polar surface area (TPSA) is 38.9 Å². The minimum atomic E-state index is -0.391. The lowest BCUT2D eigenvalue weighted by molar-refractivity contribution is 0.589. The molecular formula is C13H10Br2ClFN2. The van der Waals surface area contributed by atoms with Crippen LogP contribution in [-0.4, -0.2) is 4.98 Å². The van der Waals surface area contributed by atoms with Crippen molar-refractivity contribution in [2.45, 2.75) is 12.5 Å². The van der Waals surface area contributed by atoms with Crippen molar-refractivity contribution in [1.82, 2.24) is 4.98 Å². The Labute approximate surface area is 132 Å². The van der Waals surface area contributed by atoms with Gasteiger partial charge in [-0.2, -0.15) is 0 Å². The van der Waals surface area contributed by atoms with Crippen molar-refractivity contribution in [2.75, 3.05) is 0 Å². The van der Waals surface area contributed by atoms with Crippen LogP contribution in [0.25, 0.3) is 0 Å². The maximum absolute atomic E-state index is 13.7. The Morgan fingerprint density at radius 2 is 2.05 bits per heavy atom. The van der Waals surface area contributed by atoms with Crippen LogP contribution in [0.2, 0.25) is 5.02 Å². The maximum Gasteiger partial charge on any atom is 0.127 e. The molecule has 0 aliphatic carbocycles. The minimum absolute atomic E-state index is 0.351. The van der Waals surface area contributed by atoms with Crippen molar-refractivity contribution in [2.24, 2.45) is 5.73 Å². The normalized spacial score (nSPS) is 12.5.